The zero-order chi connectivity index (χ0) is 34.7. The number of alkyl carbamates (subject to hydrolysis) is 1. The van der Waals surface area contributed by atoms with Crippen LogP contribution < -0.4 is 15.7 Å². The van der Waals surface area contributed by atoms with E-state index in [0.717, 1.165) is 38.5 Å². The van der Waals surface area contributed by atoms with Crippen molar-refractivity contribution in [1.29, 1.82) is 0 Å². The molecule has 0 aliphatic heterocycles. The number of unbranched alkanes of at least 4 members (excludes halogenated alkanes) is 1. The van der Waals surface area contributed by atoms with E-state index < -0.39 is 13.9 Å². The van der Waals surface area contributed by atoms with Gasteiger partial charge < -0.3 is 19.2 Å². The van der Waals surface area contributed by atoms with Gasteiger partial charge in [0.1, 0.15) is 5.60 Å². The number of hydrogen-bond acceptors (Lipinski definition) is 5. The van der Waals surface area contributed by atoms with E-state index in [-0.39, 0.29) is 34.5 Å². The number of allylic oxidation sites excluding steroid dienone is 3. The molecule has 1 aliphatic rings. The summed E-state index contributed by atoms with van der Waals surface area (Å²) in [6.07, 6.45) is 11.0. The molecule has 3 rings (SSSR count). The summed E-state index contributed by atoms with van der Waals surface area (Å²) in [5, 5.41) is 5.84. The van der Waals surface area contributed by atoms with E-state index in [1.807, 2.05) is 26.8 Å². The topological polar surface area (TPSA) is 73.9 Å². The first kappa shape index (κ1) is 38.3. The van der Waals surface area contributed by atoms with Gasteiger partial charge in [0, 0.05) is 17.7 Å². The molecule has 0 bridgehead atoms. The Bertz CT molecular complexity index is 1300. The van der Waals surface area contributed by atoms with Crippen molar-refractivity contribution in [2.24, 2.45) is 11.8 Å². The van der Waals surface area contributed by atoms with Crippen LogP contribution in [0.1, 0.15) is 101 Å². The van der Waals surface area contributed by atoms with Crippen LogP contribution in [0.15, 0.2) is 84.5 Å². The van der Waals surface area contributed by atoms with Gasteiger partial charge in [-0.2, -0.15) is 0 Å². The van der Waals surface area contributed by atoms with Crippen molar-refractivity contribution >= 4 is 30.8 Å². The third-order valence-corrected chi connectivity index (χ3v) is 14.3. The highest BCUT2D eigenvalue weighted by molar-refractivity contribution is 6.99. The first-order valence-electron chi connectivity index (χ1n) is 17.4. The molecule has 3 atom stereocenters. The minimum absolute atomic E-state index is 0.108. The molecular formula is C40H59NO5Si. The molecule has 1 saturated carbocycles. The standard InChI is InChI=1S/C40H59NO5Si/c1-10-44-36(42)31(2)22-15-11-12-20-28-40(41-37(43)46-38(4,5)6)29-21-27-35(40)32(3)30-45-47(39(7,8)9,33-23-16-13-17-24-33)34-25-18-14-19-26-34/h11,13-19,22-26,32,35H,10,12,20-21,27-30H2,1-9H3,(H,41,43)/b15-11+,31-22+/t32-,35-,40-/m1/s1. The molecule has 1 fully saturated rings. The van der Waals surface area contributed by atoms with Gasteiger partial charge in [-0.25, -0.2) is 9.59 Å². The van der Waals surface area contributed by atoms with Crippen molar-refractivity contribution in [2.45, 2.75) is 117 Å². The molecule has 2 aromatic rings. The van der Waals surface area contributed by atoms with Gasteiger partial charge in [0.05, 0.1) is 6.61 Å². The van der Waals surface area contributed by atoms with Crippen LogP contribution in [0.2, 0.25) is 5.04 Å². The van der Waals surface area contributed by atoms with Crippen molar-refractivity contribution in [3.8, 4) is 0 Å². The van der Waals surface area contributed by atoms with E-state index in [2.05, 4.69) is 99.8 Å². The second kappa shape index (κ2) is 16.8. The van der Waals surface area contributed by atoms with Gasteiger partial charge in [-0.1, -0.05) is 113 Å². The van der Waals surface area contributed by atoms with Crippen LogP contribution in [0.3, 0.4) is 0 Å². The average molecular weight is 662 g/mol. The molecule has 0 radical (unpaired) electrons. The van der Waals surface area contributed by atoms with Crippen molar-refractivity contribution in [2.75, 3.05) is 13.2 Å². The summed E-state index contributed by atoms with van der Waals surface area (Å²) in [4.78, 5) is 25.2. The first-order valence-corrected chi connectivity index (χ1v) is 19.3. The highest BCUT2D eigenvalue weighted by atomic mass is 28.4. The molecule has 0 unspecified atom stereocenters. The molecule has 1 amide bonds. The summed E-state index contributed by atoms with van der Waals surface area (Å²) in [6.45, 7) is 19.5. The molecule has 0 heterocycles. The smallest absolute Gasteiger partial charge is 0.408 e. The quantitative estimate of drug-likeness (QED) is 0.0723. The fraction of sp³-hybridized carbons (Fsp3) is 0.550. The lowest BCUT2D eigenvalue weighted by Gasteiger charge is -2.45. The van der Waals surface area contributed by atoms with Crippen molar-refractivity contribution in [3.05, 3.63) is 84.5 Å². The molecule has 1 N–H and O–H groups in total. The lowest BCUT2D eigenvalue weighted by atomic mass is 9.76. The number of rotatable bonds is 14. The highest BCUT2D eigenvalue weighted by Gasteiger charge is 2.52. The van der Waals surface area contributed by atoms with Gasteiger partial charge in [0.2, 0.25) is 0 Å². The van der Waals surface area contributed by atoms with E-state index in [9.17, 15) is 9.59 Å². The van der Waals surface area contributed by atoms with Crippen LogP contribution in [0, 0.1) is 11.8 Å². The molecule has 258 valence electrons. The van der Waals surface area contributed by atoms with E-state index in [0.29, 0.717) is 18.8 Å². The first-order chi connectivity index (χ1) is 22.1. The summed E-state index contributed by atoms with van der Waals surface area (Å²) in [7, 11) is -2.70. The normalized spacial score (nSPS) is 19.9. The molecule has 2 aromatic carbocycles. The molecule has 47 heavy (non-hydrogen) atoms. The van der Waals surface area contributed by atoms with Crippen molar-refractivity contribution < 1.29 is 23.5 Å². The van der Waals surface area contributed by atoms with Gasteiger partial charge in [-0.15, -0.1) is 0 Å². The fourth-order valence-electron chi connectivity index (χ4n) is 7.25. The minimum Gasteiger partial charge on any atom is -0.463 e. The molecule has 0 aromatic heterocycles. The second-order valence-corrected chi connectivity index (χ2v) is 19.4. The molecule has 6 nitrogen and oxygen atoms in total. The summed E-state index contributed by atoms with van der Waals surface area (Å²) >= 11 is 0. The lowest BCUT2D eigenvalue weighted by molar-refractivity contribution is -0.138. The average Bonchev–Trinajstić information content (AvgIpc) is 3.41. The number of carbonyl (C=O) groups excluding carboxylic acids is 2. The van der Waals surface area contributed by atoms with Crippen LogP contribution in [-0.2, 0) is 18.7 Å². The van der Waals surface area contributed by atoms with Crippen molar-refractivity contribution in [3.63, 3.8) is 0 Å². The number of ether oxygens (including phenoxy) is 2. The second-order valence-electron chi connectivity index (χ2n) is 15.1. The van der Waals surface area contributed by atoms with Gasteiger partial charge in [-0.3, -0.25) is 0 Å². The van der Waals surface area contributed by atoms with Gasteiger partial charge in [0.15, 0.2) is 0 Å². The maximum Gasteiger partial charge on any atom is 0.408 e. The Labute approximate surface area is 285 Å². The summed E-state index contributed by atoms with van der Waals surface area (Å²) < 4.78 is 18.3. The third kappa shape index (κ3) is 10.2. The number of nitrogens with one attached hydrogen (secondary N) is 1. The van der Waals surface area contributed by atoms with Crippen LogP contribution in [0.5, 0.6) is 0 Å². The number of esters is 1. The van der Waals surface area contributed by atoms with E-state index in [4.69, 9.17) is 13.9 Å². The number of amides is 1. The monoisotopic (exact) mass is 661 g/mol. The predicted molar refractivity (Wildman–Crippen MR) is 196 cm³/mol. The summed E-state index contributed by atoms with van der Waals surface area (Å²) in [6, 6.07) is 21.5. The lowest BCUT2D eigenvalue weighted by Crippen LogP contribution is -2.67. The maximum absolute atomic E-state index is 13.3. The van der Waals surface area contributed by atoms with Gasteiger partial charge >= 0.3 is 12.1 Å². The van der Waals surface area contributed by atoms with Gasteiger partial charge in [0.25, 0.3) is 8.32 Å². The number of benzene rings is 2. The Morgan fingerprint density at radius 1 is 1.00 bits per heavy atom. The van der Waals surface area contributed by atoms with Crippen LogP contribution >= 0.6 is 0 Å². The third-order valence-electron chi connectivity index (χ3n) is 9.34. The summed E-state index contributed by atoms with van der Waals surface area (Å²) in [5.41, 5.74) is -0.388. The fourth-order valence-corrected chi connectivity index (χ4v) is 11.9. The zero-order valence-electron chi connectivity index (χ0n) is 30.4. The Morgan fingerprint density at radius 3 is 2.13 bits per heavy atom. The molecular weight excluding hydrogens is 603 g/mol. The van der Waals surface area contributed by atoms with Crippen molar-refractivity contribution in [1.82, 2.24) is 5.32 Å². The van der Waals surface area contributed by atoms with Crippen LogP contribution in [0.4, 0.5) is 4.79 Å². The molecule has 0 saturated heterocycles. The molecule has 7 heteroatoms. The molecule has 0 spiro atoms. The number of hydrogen-bond donors (Lipinski definition) is 1. The SMILES string of the molecule is CCOC(=O)/C(C)=C/C=C/CCC[C@@]1(NC(=O)OC(C)(C)C)CCC[C@@H]1[C@H](C)CO[Si](c1ccccc1)(c1ccccc1)C(C)(C)C. The van der Waals surface area contributed by atoms with Crippen LogP contribution in [-0.4, -0.2) is 44.7 Å². The Morgan fingerprint density at radius 2 is 1.60 bits per heavy atom. The van der Waals surface area contributed by atoms with E-state index >= 15 is 0 Å². The Kier molecular flexibility index (Phi) is 13.7. The molecule has 1 aliphatic carbocycles. The highest BCUT2D eigenvalue weighted by Crippen LogP contribution is 2.45. The predicted octanol–water partition coefficient (Wildman–Crippen LogP) is 8.50. The Balaban J connectivity index is 1.87. The number of carbonyl (C=O) groups is 2. The van der Waals surface area contributed by atoms with Gasteiger partial charge in [-0.05, 0) is 94.0 Å². The van der Waals surface area contributed by atoms with Crippen LogP contribution in [0.25, 0.3) is 0 Å². The largest absolute Gasteiger partial charge is 0.463 e. The zero-order valence-corrected chi connectivity index (χ0v) is 31.4. The maximum atomic E-state index is 13.3. The van der Waals surface area contributed by atoms with E-state index in [1.165, 1.54) is 10.4 Å². The minimum atomic E-state index is -2.70. The van der Waals surface area contributed by atoms with E-state index in [1.54, 1.807) is 19.9 Å². The summed E-state index contributed by atoms with van der Waals surface area (Å²) in [5.74, 6) is 0.156. The Hall–Kier alpha value is -3.16.